The number of hydrogen-bond acceptors (Lipinski definition) is 3. The van der Waals surface area contributed by atoms with Gasteiger partial charge in [-0.2, -0.15) is 0 Å². The molecule has 0 aliphatic carbocycles. The van der Waals surface area contributed by atoms with Gasteiger partial charge < -0.3 is 14.2 Å². The molecule has 3 saturated heterocycles. The second-order valence-electron chi connectivity index (χ2n) is 3.00. The molecule has 3 nitrogen and oxygen atoms in total. The first-order valence-electron chi connectivity index (χ1n) is 3.31. The second kappa shape index (κ2) is 1.05. The van der Waals surface area contributed by atoms with Crippen molar-refractivity contribution in [2.75, 3.05) is 13.2 Å². The minimum atomic E-state index is -0.184. The molecule has 0 bridgehead atoms. The Morgan fingerprint density at radius 3 is 1.56 bits per heavy atom. The van der Waals surface area contributed by atoms with E-state index in [2.05, 4.69) is 0 Å². The summed E-state index contributed by atoms with van der Waals surface area (Å²) in [5.74, 6) is -0.368. The quantitative estimate of drug-likeness (QED) is 0.438. The molecule has 0 amide bonds. The van der Waals surface area contributed by atoms with Gasteiger partial charge in [0.05, 0.1) is 0 Å². The molecule has 0 saturated carbocycles. The molecule has 2 atom stereocenters. The maximum atomic E-state index is 5.51. The lowest BCUT2D eigenvalue weighted by Crippen LogP contribution is -2.14. The van der Waals surface area contributed by atoms with Crippen molar-refractivity contribution in [3.05, 3.63) is 0 Å². The fraction of sp³-hybridized carbons (Fsp3) is 1.00. The van der Waals surface area contributed by atoms with Crippen LogP contribution in [0.25, 0.3) is 0 Å². The van der Waals surface area contributed by atoms with Crippen molar-refractivity contribution in [2.24, 2.45) is 0 Å². The molecule has 3 rings (SSSR count). The van der Waals surface area contributed by atoms with Crippen LogP contribution >= 0.6 is 0 Å². The molecule has 0 aromatic rings. The van der Waals surface area contributed by atoms with Crippen molar-refractivity contribution in [2.45, 2.75) is 24.4 Å². The lowest BCUT2D eigenvalue weighted by molar-refractivity contribution is -0.0955. The van der Waals surface area contributed by atoms with Crippen molar-refractivity contribution >= 4 is 0 Å². The molecule has 3 aliphatic heterocycles. The minimum Gasteiger partial charge on any atom is -0.342 e. The third kappa shape index (κ3) is 0.520. The standard InChI is InChI=1S/C6H8O3/c1-2-6(4-8-6)9-5(1)3-7-5/h1-4H2. The van der Waals surface area contributed by atoms with Gasteiger partial charge >= 0.3 is 0 Å². The van der Waals surface area contributed by atoms with Crippen molar-refractivity contribution in [3.8, 4) is 0 Å². The van der Waals surface area contributed by atoms with Gasteiger partial charge in [0, 0.05) is 12.8 Å². The van der Waals surface area contributed by atoms with Crippen molar-refractivity contribution in [3.63, 3.8) is 0 Å². The van der Waals surface area contributed by atoms with Crippen LogP contribution in [0.15, 0.2) is 0 Å². The molecule has 0 radical (unpaired) electrons. The van der Waals surface area contributed by atoms with Gasteiger partial charge in [-0.3, -0.25) is 0 Å². The number of rotatable bonds is 0. The van der Waals surface area contributed by atoms with Crippen molar-refractivity contribution < 1.29 is 14.2 Å². The van der Waals surface area contributed by atoms with Gasteiger partial charge in [0.25, 0.3) is 0 Å². The van der Waals surface area contributed by atoms with E-state index in [-0.39, 0.29) is 11.6 Å². The van der Waals surface area contributed by atoms with E-state index in [1.807, 2.05) is 0 Å². The normalized spacial score (nSPS) is 61.3. The van der Waals surface area contributed by atoms with Crippen LogP contribution in [0.2, 0.25) is 0 Å². The molecule has 50 valence electrons. The maximum Gasteiger partial charge on any atom is 0.195 e. The average molecular weight is 128 g/mol. The molecule has 0 N–H and O–H groups in total. The number of hydrogen-bond donors (Lipinski definition) is 0. The molecule has 0 aromatic carbocycles. The van der Waals surface area contributed by atoms with E-state index in [1.165, 1.54) is 0 Å². The predicted molar refractivity (Wildman–Crippen MR) is 27.7 cm³/mol. The third-order valence-corrected chi connectivity index (χ3v) is 2.19. The van der Waals surface area contributed by atoms with Gasteiger partial charge in [-0.25, -0.2) is 0 Å². The molecule has 9 heavy (non-hydrogen) atoms. The summed E-state index contributed by atoms with van der Waals surface area (Å²) >= 11 is 0. The molecule has 2 unspecified atom stereocenters. The van der Waals surface area contributed by atoms with Gasteiger partial charge in [0.15, 0.2) is 11.6 Å². The molecule has 2 spiro atoms. The van der Waals surface area contributed by atoms with Crippen LogP contribution in [0, 0.1) is 0 Å². The summed E-state index contributed by atoms with van der Waals surface area (Å²) in [5, 5.41) is 0. The van der Waals surface area contributed by atoms with Crippen LogP contribution in [0.5, 0.6) is 0 Å². The fourth-order valence-electron chi connectivity index (χ4n) is 1.39. The highest BCUT2D eigenvalue weighted by molar-refractivity contribution is 4.98. The molecular formula is C6H8O3. The summed E-state index contributed by atoms with van der Waals surface area (Å²) in [6.45, 7) is 1.55. The van der Waals surface area contributed by atoms with Gasteiger partial charge in [-0.05, 0) is 0 Å². The Balaban J connectivity index is 1.86. The summed E-state index contributed by atoms with van der Waals surface area (Å²) in [7, 11) is 0. The highest BCUT2D eigenvalue weighted by Crippen LogP contribution is 2.52. The van der Waals surface area contributed by atoms with E-state index in [4.69, 9.17) is 14.2 Å². The molecule has 3 heteroatoms. The largest absolute Gasteiger partial charge is 0.342 e. The summed E-state index contributed by atoms with van der Waals surface area (Å²) in [6, 6.07) is 0. The van der Waals surface area contributed by atoms with Gasteiger partial charge in [0.1, 0.15) is 13.2 Å². The molecule has 3 aliphatic rings. The zero-order valence-corrected chi connectivity index (χ0v) is 5.05. The Morgan fingerprint density at radius 2 is 1.33 bits per heavy atom. The molecule has 3 fully saturated rings. The van der Waals surface area contributed by atoms with E-state index in [9.17, 15) is 0 Å². The first kappa shape index (κ1) is 4.66. The minimum absolute atomic E-state index is 0.184. The molecule has 0 aromatic heterocycles. The van der Waals surface area contributed by atoms with Gasteiger partial charge in [0.2, 0.25) is 0 Å². The summed E-state index contributed by atoms with van der Waals surface area (Å²) < 4.78 is 15.8. The Hall–Kier alpha value is -0.120. The highest BCUT2D eigenvalue weighted by Gasteiger charge is 2.64. The SMILES string of the molecule is C1CC2(CO2)OC12CO2. The lowest BCUT2D eigenvalue weighted by atomic mass is 10.2. The summed E-state index contributed by atoms with van der Waals surface area (Å²) in [4.78, 5) is 0. The van der Waals surface area contributed by atoms with Crippen LogP contribution in [0.4, 0.5) is 0 Å². The Kier molecular flexibility index (Phi) is 0.542. The van der Waals surface area contributed by atoms with E-state index in [0.717, 1.165) is 26.1 Å². The average Bonchev–Trinajstić information content (AvgIpc) is 2.62. The fourth-order valence-corrected chi connectivity index (χ4v) is 1.39. The van der Waals surface area contributed by atoms with Crippen LogP contribution in [0.3, 0.4) is 0 Å². The predicted octanol–water partition coefficient (Wildman–Crippen LogP) is 0.250. The highest BCUT2D eigenvalue weighted by atomic mass is 16.9. The first-order valence-corrected chi connectivity index (χ1v) is 3.31. The van der Waals surface area contributed by atoms with Crippen molar-refractivity contribution in [1.82, 2.24) is 0 Å². The number of ether oxygens (including phenoxy) is 3. The lowest BCUT2D eigenvalue weighted by Gasteiger charge is -2.01. The van der Waals surface area contributed by atoms with Crippen LogP contribution < -0.4 is 0 Å². The third-order valence-electron chi connectivity index (χ3n) is 2.19. The molecule has 3 heterocycles. The zero-order valence-electron chi connectivity index (χ0n) is 5.05. The Bertz CT molecular complexity index is 140. The van der Waals surface area contributed by atoms with Crippen LogP contribution in [-0.4, -0.2) is 24.8 Å². The van der Waals surface area contributed by atoms with E-state index in [0.29, 0.717) is 0 Å². The topological polar surface area (TPSA) is 34.3 Å². The first-order chi connectivity index (χ1) is 4.33. The van der Waals surface area contributed by atoms with Crippen LogP contribution in [-0.2, 0) is 14.2 Å². The van der Waals surface area contributed by atoms with Crippen molar-refractivity contribution in [1.29, 1.82) is 0 Å². The zero-order chi connectivity index (χ0) is 5.95. The summed E-state index contributed by atoms with van der Waals surface area (Å²) in [6.07, 6.45) is 2.04. The molecular weight excluding hydrogens is 120 g/mol. The Morgan fingerprint density at radius 1 is 0.889 bits per heavy atom. The second-order valence-corrected chi connectivity index (χ2v) is 3.00. The van der Waals surface area contributed by atoms with E-state index in [1.54, 1.807) is 0 Å². The summed E-state index contributed by atoms with van der Waals surface area (Å²) in [5.41, 5.74) is 0. The van der Waals surface area contributed by atoms with E-state index >= 15 is 0 Å². The maximum absolute atomic E-state index is 5.51. The van der Waals surface area contributed by atoms with Crippen LogP contribution in [0.1, 0.15) is 12.8 Å². The van der Waals surface area contributed by atoms with E-state index < -0.39 is 0 Å². The smallest absolute Gasteiger partial charge is 0.195 e. The Labute approximate surface area is 52.9 Å². The van der Waals surface area contributed by atoms with Gasteiger partial charge in [-0.1, -0.05) is 0 Å². The monoisotopic (exact) mass is 128 g/mol. The number of epoxide rings is 2. The van der Waals surface area contributed by atoms with Gasteiger partial charge in [-0.15, -0.1) is 0 Å².